The molecule has 0 N–H and O–H groups in total. The summed E-state index contributed by atoms with van der Waals surface area (Å²) in [6.45, 7) is 3.88. The van der Waals surface area contributed by atoms with Gasteiger partial charge in [-0.25, -0.2) is 4.39 Å². The second kappa shape index (κ2) is 6.17. The average molecular weight is 342 g/mol. The maximum Gasteiger partial charge on any atom is 0.257 e. The number of rotatable bonds is 3. The van der Waals surface area contributed by atoms with Crippen molar-refractivity contribution < 1.29 is 9.18 Å². The van der Waals surface area contributed by atoms with Gasteiger partial charge in [0.2, 0.25) is 0 Å². The lowest BCUT2D eigenvalue weighted by Crippen LogP contribution is -2.54. The van der Waals surface area contributed by atoms with Gasteiger partial charge in [0.05, 0.1) is 16.9 Å². The maximum atomic E-state index is 14.0. The van der Waals surface area contributed by atoms with Gasteiger partial charge >= 0.3 is 0 Å². The molecule has 6 heteroatoms. The van der Waals surface area contributed by atoms with Gasteiger partial charge in [0.15, 0.2) is 0 Å². The van der Waals surface area contributed by atoms with Gasteiger partial charge in [-0.05, 0) is 31.9 Å². The Kier molecular flexibility index (Phi) is 3.98. The van der Waals surface area contributed by atoms with Crippen LogP contribution in [0.2, 0.25) is 0 Å². The fraction of sp³-hybridized carbons (Fsp3) is 0.474. The Morgan fingerprint density at radius 2 is 2.00 bits per heavy atom. The van der Waals surface area contributed by atoms with Crippen LogP contribution in [0.5, 0.6) is 0 Å². The molecule has 5 nitrogen and oxygen atoms in total. The normalized spacial score (nSPS) is 20.8. The molecule has 132 valence electrons. The van der Waals surface area contributed by atoms with Gasteiger partial charge in [-0.3, -0.25) is 9.48 Å². The van der Waals surface area contributed by atoms with E-state index in [-0.39, 0.29) is 17.8 Å². The lowest BCUT2D eigenvalue weighted by atomic mass is 10.1. The van der Waals surface area contributed by atoms with Gasteiger partial charge in [-0.1, -0.05) is 12.1 Å². The molecule has 1 saturated heterocycles. The smallest absolute Gasteiger partial charge is 0.257 e. The molecular formula is C19H23FN4O. The highest BCUT2D eigenvalue weighted by atomic mass is 19.1. The minimum absolute atomic E-state index is 0.0214. The summed E-state index contributed by atoms with van der Waals surface area (Å²) >= 11 is 0. The number of benzene rings is 1. The average Bonchev–Trinajstić information content (AvgIpc) is 3.36. The molecule has 1 aromatic carbocycles. The highest BCUT2D eigenvalue weighted by molar-refractivity contribution is 5.95. The second-order valence-electron chi connectivity index (χ2n) is 7.12. The fourth-order valence-corrected chi connectivity index (χ4v) is 3.67. The first-order valence-corrected chi connectivity index (χ1v) is 8.88. The molecule has 1 aliphatic carbocycles. The van der Waals surface area contributed by atoms with Crippen LogP contribution in [0.3, 0.4) is 0 Å². The summed E-state index contributed by atoms with van der Waals surface area (Å²) in [7, 11) is 1.86. The summed E-state index contributed by atoms with van der Waals surface area (Å²) in [6, 6.07) is 6.84. The van der Waals surface area contributed by atoms with Crippen LogP contribution < -0.4 is 4.90 Å². The van der Waals surface area contributed by atoms with Crippen LogP contribution in [-0.2, 0) is 7.05 Å². The van der Waals surface area contributed by atoms with Gasteiger partial charge < -0.3 is 9.80 Å². The predicted molar refractivity (Wildman–Crippen MR) is 94.3 cm³/mol. The number of hydrogen-bond donors (Lipinski definition) is 0. The highest BCUT2D eigenvalue weighted by Gasteiger charge is 2.35. The number of aryl methyl sites for hydroxylation is 1. The number of anilines is 1. The van der Waals surface area contributed by atoms with Crippen molar-refractivity contribution in [3.63, 3.8) is 0 Å². The number of amides is 1. The molecule has 25 heavy (non-hydrogen) atoms. The fourth-order valence-electron chi connectivity index (χ4n) is 3.67. The quantitative estimate of drug-likeness (QED) is 0.861. The number of halogens is 1. The molecule has 2 fully saturated rings. The van der Waals surface area contributed by atoms with Crippen molar-refractivity contribution in [3.05, 3.63) is 47.5 Å². The first-order valence-electron chi connectivity index (χ1n) is 8.88. The summed E-state index contributed by atoms with van der Waals surface area (Å²) in [5.74, 6) is 0.281. The van der Waals surface area contributed by atoms with Gasteiger partial charge in [-0.15, -0.1) is 0 Å². The summed E-state index contributed by atoms with van der Waals surface area (Å²) in [6.07, 6.45) is 4.08. The van der Waals surface area contributed by atoms with E-state index >= 15 is 0 Å². The first-order chi connectivity index (χ1) is 12.0. The molecule has 2 heterocycles. The van der Waals surface area contributed by atoms with E-state index in [1.807, 2.05) is 36.0 Å². The first kappa shape index (κ1) is 16.1. The molecule has 0 spiro atoms. The number of aromatic nitrogens is 2. The minimum Gasteiger partial charge on any atom is -0.365 e. The Morgan fingerprint density at radius 3 is 2.68 bits per heavy atom. The van der Waals surface area contributed by atoms with Crippen molar-refractivity contribution in [2.24, 2.45) is 7.05 Å². The molecule has 2 aliphatic rings. The number of para-hydroxylation sites is 1. The summed E-state index contributed by atoms with van der Waals surface area (Å²) in [4.78, 5) is 17.0. The van der Waals surface area contributed by atoms with E-state index in [1.54, 1.807) is 16.8 Å². The predicted octanol–water partition coefficient (Wildman–Crippen LogP) is 2.79. The van der Waals surface area contributed by atoms with E-state index in [1.165, 1.54) is 6.07 Å². The topological polar surface area (TPSA) is 41.4 Å². The van der Waals surface area contributed by atoms with Crippen molar-refractivity contribution in [2.45, 2.75) is 31.7 Å². The van der Waals surface area contributed by atoms with Crippen molar-refractivity contribution in [1.29, 1.82) is 0 Å². The van der Waals surface area contributed by atoms with Crippen LogP contribution in [0.4, 0.5) is 10.1 Å². The van der Waals surface area contributed by atoms with E-state index in [9.17, 15) is 9.18 Å². The third-order valence-corrected chi connectivity index (χ3v) is 5.13. The van der Waals surface area contributed by atoms with E-state index in [2.05, 4.69) is 5.10 Å². The Bertz CT molecular complexity index is 798. The lowest BCUT2D eigenvalue weighted by Gasteiger charge is -2.41. The SMILES string of the molecule is CC1CN(c2ccccc2F)CCN1C(=O)c1cn(C)nc1C1CC1. The third kappa shape index (κ3) is 3.01. The van der Waals surface area contributed by atoms with Gasteiger partial charge in [-0.2, -0.15) is 5.10 Å². The largest absolute Gasteiger partial charge is 0.365 e. The molecule has 1 aliphatic heterocycles. The molecule has 2 aromatic rings. The monoisotopic (exact) mass is 342 g/mol. The molecule has 1 amide bonds. The number of hydrogen-bond acceptors (Lipinski definition) is 3. The zero-order chi connectivity index (χ0) is 17.6. The van der Waals surface area contributed by atoms with Gasteiger partial charge in [0, 0.05) is 44.8 Å². The van der Waals surface area contributed by atoms with Crippen LogP contribution in [0.15, 0.2) is 30.5 Å². The lowest BCUT2D eigenvalue weighted by molar-refractivity contribution is 0.0672. The second-order valence-corrected chi connectivity index (χ2v) is 7.12. The number of piperazine rings is 1. The maximum absolute atomic E-state index is 14.0. The number of carbonyl (C=O) groups excluding carboxylic acids is 1. The Balaban J connectivity index is 1.52. The van der Waals surface area contributed by atoms with Crippen molar-refractivity contribution in [2.75, 3.05) is 24.5 Å². The van der Waals surface area contributed by atoms with Gasteiger partial charge in [0.1, 0.15) is 5.82 Å². The van der Waals surface area contributed by atoms with Gasteiger partial charge in [0.25, 0.3) is 5.91 Å². The van der Waals surface area contributed by atoms with Crippen LogP contribution in [0.1, 0.15) is 41.7 Å². The molecule has 1 atom stereocenters. The zero-order valence-corrected chi connectivity index (χ0v) is 14.7. The number of carbonyl (C=O) groups is 1. The van der Waals surface area contributed by atoms with Crippen LogP contribution >= 0.6 is 0 Å². The summed E-state index contributed by atoms with van der Waals surface area (Å²) < 4.78 is 15.8. The van der Waals surface area contributed by atoms with Crippen molar-refractivity contribution >= 4 is 11.6 Å². The molecule has 1 saturated carbocycles. The van der Waals surface area contributed by atoms with E-state index in [0.29, 0.717) is 31.2 Å². The minimum atomic E-state index is -0.210. The van der Waals surface area contributed by atoms with Crippen molar-refractivity contribution in [1.82, 2.24) is 14.7 Å². The molecule has 0 bridgehead atoms. The zero-order valence-electron chi connectivity index (χ0n) is 14.7. The molecular weight excluding hydrogens is 319 g/mol. The van der Waals surface area contributed by atoms with E-state index in [4.69, 9.17) is 0 Å². The Hall–Kier alpha value is -2.37. The molecule has 1 aromatic heterocycles. The Morgan fingerprint density at radius 1 is 1.24 bits per heavy atom. The third-order valence-electron chi connectivity index (χ3n) is 5.13. The standard InChI is InChI=1S/C19H23FN4O/c1-13-11-23(17-6-4-3-5-16(17)20)9-10-24(13)19(25)15-12-22(2)21-18(15)14-7-8-14/h3-6,12-14H,7-11H2,1-2H3. The van der Waals surface area contributed by atoms with Crippen LogP contribution in [0, 0.1) is 5.82 Å². The van der Waals surface area contributed by atoms with E-state index < -0.39 is 0 Å². The Labute approximate surface area is 147 Å². The van der Waals surface area contributed by atoms with Crippen LogP contribution in [-0.4, -0.2) is 46.3 Å². The highest BCUT2D eigenvalue weighted by Crippen LogP contribution is 2.41. The molecule has 0 radical (unpaired) electrons. The van der Waals surface area contributed by atoms with Crippen LogP contribution in [0.25, 0.3) is 0 Å². The molecule has 4 rings (SSSR count). The molecule has 1 unspecified atom stereocenters. The summed E-state index contributed by atoms with van der Waals surface area (Å²) in [5, 5.41) is 4.50. The van der Waals surface area contributed by atoms with E-state index in [0.717, 1.165) is 24.1 Å². The number of nitrogens with zero attached hydrogens (tertiary/aromatic N) is 4. The van der Waals surface area contributed by atoms with Crippen molar-refractivity contribution in [3.8, 4) is 0 Å². The summed E-state index contributed by atoms with van der Waals surface area (Å²) in [5.41, 5.74) is 2.29.